The van der Waals surface area contributed by atoms with Crippen LogP contribution >= 0.6 is 0 Å². The van der Waals surface area contributed by atoms with Gasteiger partial charge < -0.3 is 10.2 Å². The second-order valence-corrected chi connectivity index (χ2v) is 8.92. The lowest BCUT2D eigenvalue weighted by Crippen LogP contribution is -2.26. The zero-order valence-electron chi connectivity index (χ0n) is 23.7. The average Bonchev–Trinajstić information content (AvgIpc) is 3.39. The number of carbonyl (C=O) groups excluding carboxylic acids is 1. The largest absolute Gasteiger partial charge is 0.374 e. The van der Waals surface area contributed by atoms with E-state index in [1.807, 2.05) is 72.1 Å². The number of pyridine rings is 2. The van der Waals surface area contributed by atoms with Crippen LogP contribution in [0.4, 0.5) is 5.69 Å². The Morgan fingerprint density at radius 1 is 0.974 bits per heavy atom. The van der Waals surface area contributed by atoms with E-state index in [4.69, 9.17) is 0 Å². The molecule has 0 atom stereocenters. The molecule has 38 heavy (non-hydrogen) atoms. The minimum absolute atomic E-state index is 0.187. The fourth-order valence-electron chi connectivity index (χ4n) is 4.44. The van der Waals surface area contributed by atoms with Gasteiger partial charge >= 0.3 is 0 Å². The van der Waals surface area contributed by atoms with E-state index in [0.29, 0.717) is 17.9 Å². The van der Waals surface area contributed by atoms with Crippen molar-refractivity contribution in [2.75, 3.05) is 18.5 Å². The van der Waals surface area contributed by atoms with E-state index in [1.54, 1.807) is 17.1 Å². The summed E-state index contributed by atoms with van der Waals surface area (Å²) in [6, 6.07) is 12.2. The first-order chi connectivity index (χ1) is 18.5. The van der Waals surface area contributed by atoms with Crippen molar-refractivity contribution in [2.45, 2.75) is 60.9 Å². The molecule has 0 fully saturated rings. The Morgan fingerprint density at radius 2 is 1.74 bits per heavy atom. The van der Waals surface area contributed by atoms with Crippen molar-refractivity contribution in [1.29, 1.82) is 0 Å². The number of rotatable bonds is 5. The van der Waals surface area contributed by atoms with Crippen LogP contribution in [0.25, 0.3) is 16.9 Å². The number of fused-ring (bicyclic) bond motifs is 1. The van der Waals surface area contributed by atoms with Gasteiger partial charge in [-0.05, 0) is 67.6 Å². The first kappa shape index (κ1) is 28.6. The van der Waals surface area contributed by atoms with Crippen LogP contribution in [0.2, 0.25) is 0 Å². The van der Waals surface area contributed by atoms with Gasteiger partial charge in [0, 0.05) is 61.7 Å². The zero-order valence-corrected chi connectivity index (χ0v) is 23.7. The van der Waals surface area contributed by atoms with Gasteiger partial charge in [-0.3, -0.25) is 9.78 Å². The van der Waals surface area contributed by atoms with E-state index >= 15 is 0 Å². The lowest BCUT2D eigenvalue weighted by atomic mass is 9.99. The highest BCUT2D eigenvalue weighted by Crippen LogP contribution is 2.27. The van der Waals surface area contributed by atoms with Crippen LogP contribution in [-0.4, -0.2) is 39.2 Å². The molecule has 1 aliphatic rings. The molecule has 0 radical (unpaired) electrons. The first-order valence-corrected chi connectivity index (χ1v) is 13.5. The summed E-state index contributed by atoms with van der Waals surface area (Å²) in [4.78, 5) is 24.6. The van der Waals surface area contributed by atoms with E-state index < -0.39 is 0 Å². The average molecular weight is 513 g/mol. The van der Waals surface area contributed by atoms with Gasteiger partial charge in [-0.25, -0.2) is 9.67 Å². The molecule has 5 rings (SSSR count). The molecule has 1 N–H and O–H groups in total. The third-order valence-electron chi connectivity index (χ3n) is 6.21. The minimum Gasteiger partial charge on any atom is -0.374 e. The highest BCUT2D eigenvalue weighted by atomic mass is 16.1. The number of nitrogens with zero attached hydrogens (tertiary/aromatic N) is 5. The summed E-state index contributed by atoms with van der Waals surface area (Å²) < 4.78 is 1.65. The molecular weight excluding hydrogens is 472 g/mol. The van der Waals surface area contributed by atoms with Crippen LogP contribution in [-0.2, 0) is 13.0 Å². The predicted octanol–water partition coefficient (Wildman–Crippen LogP) is 6.31. The first-order valence-electron chi connectivity index (χ1n) is 13.5. The molecule has 0 spiro atoms. The summed E-state index contributed by atoms with van der Waals surface area (Å²) in [5.41, 5.74) is 7.85. The molecule has 0 saturated carbocycles. The number of aryl methyl sites for hydroxylation is 3. The fraction of sp³-hybridized carbons (Fsp3) is 0.355. The minimum atomic E-state index is -0.187. The van der Waals surface area contributed by atoms with E-state index in [-0.39, 0.29) is 5.91 Å². The summed E-state index contributed by atoms with van der Waals surface area (Å²) in [5, 5.41) is 7.56. The van der Waals surface area contributed by atoms with Crippen LogP contribution in [0, 0.1) is 13.8 Å². The summed E-state index contributed by atoms with van der Waals surface area (Å²) in [6.45, 7) is 13.4. The number of carbonyl (C=O) groups is 1. The van der Waals surface area contributed by atoms with Crippen molar-refractivity contribution < 1.29 is 4.79 Å². The number of aromatic nitrogens is 4. The molecule has 0 unspecified atom stereocenters. The van der Waals surface area contributed by atoms with Crippen LogP contribution < -0.4 is 10.2 Å². The highest BCUT2D eigenvalue weighted by Gasteiger charge is 2.18. The monoisotopic (exact) mass is 512 g/mol. The van der Waals surface area contributed by atoms with Crippen molar-refractivity contribution >= 4 is 11.6 Å². The molecule has 3 aromatic heterocycles. The second-order valence-electron chi connectivity index (χ2n) is 8.92. The lowest BCUT2D eigenvalue weighted by molar-refractivity contribution is 0.0950. The van der Waals surface area contributed by atoms with Crippen molar-refractivity contribution in [3.63, 3.8) is 0 Å². The molecule has 4 aromatic rings. The Hall–Kier alpha value is -4.00. The Balaban J connectivity index is 0.000000956. The molecule has 0 aliphatic carbocycles. The maximum atomic E-state index is 13.4. The van der Waals surface area contributed by atoms with Crippen molar-refractivity contribution in [3.8, 4) is 16.9 Å². The number of nitrogens with one attached hydrogen (secondary N) is 1. The van der Waals surface area contributed by atoms with Crippen molar-refractivity contribution in [2.24, 2.45) is 0 Å². The Morgan fingerprint density at radius 3 is 2.45 bits per heavy atom. The van der Waals surface area contributed by atoms with E-state index in [1.165, 1.54) is 11.3 Å². The molecule has 1 aromatic carbocycles. The van der Waals surface area contributed by atoms with Crippen LogP contribution in [0.5, 0.6) is 0 Å². The van der Waals surface area contributed by atoms with Gasteiger partial charge in [-0.2, -0.15) is 5.10 Å². The van der Waals surface area contributed by atoms with Crippen molar-refractivity contribution in [1.82, 2.24) is 25.1 Å². The van der Waals surface area contributed by atoms with E-state index in [2.05, 4.69) is 50.5 Å². The SMILES string of the molecule is CC.CC.Cc1cncc(-c2cnc(-n3ccc(C)n3)c(C(=O)NCc3ccc4c(c3)CCCN4C)c2)c1. The molecule has 1 amide bonds. The normalized spacial score (nSPS) is 11.9. The molecule has 0 bridgehead atoms. The molecule has 1 aliphatic heterocycles. The Bertz CT molecular complexity index is 1360. The van der Waals surface area contributed by atoms with Gasteiger partial charge in [0.1, 0.15) is 0 Å². The maximum absolute atomic E-state index is 13.4. The van der Waals surface area contributed by atoms with Gasteiger partial charge in [-0.15, -0.1) is 0 Å². The molecule has 0 saturated heterocycles. The smallest absolute Gasteiger partial charge is 0.255 e. The Kier molecular flexibility index (Phi) is 10.2. The summed E-state index contributed by atoms with van der Waals surface area (Å²) in [7, 11) is 2.13. The van der Waals surface area contributed by atoms with Crippen LogP contribution in [0.1, 0.15) is 66.9 Å². The van der Waals surface area contributed by atoms with E-state index in [0.717, 1.165) is 47.3 Å². The third kappa shape index (κ3) is 6.65. The maximum Gasteiger partial charge on any atom is 0.255 e. The third-order valence-corrected chi connectivity index (χ3v) is 6.21. The number of anilines is 1. The Labute approximate surface area is 227 Å². The summed E-state index contributed by atoms with van der Waals surface area (Å²) >= 11 is 0. The van der Waals surface area contributed by atoms with Gasteiger partial charge in [0.25, 0.3) is 5.91 Å². The molecule has 4 heterocycles. The van der Waals surface area contributed by atoms with Crippen LogP contribution in [0.3, 0.4) is 0 Å². The van der Waals surface area contributed by atoms with Gasteiger partial charge in [-0.1, -0.05) is 39.8 Å². The lowest BCUT2D eigenvalue weighted by Gasteiger charge is -2.27. The molecular formula is C31H40N6O. The second kappa shape index (κ2) is 13.5. The van der Waals surface area contributed by atoms with Crippen LogP contribution in [0.15, 0.2) is 61.2 Å². The molecule has 200 valence electrons. The van der Waals surface area contributed by atoms with Gasteiger partial charge in [0.2, 0.25) is 0 Å². The standard InChI is InChI=1S/C27H28N6O.2C2H6/c1-18-11-22(16-28-14-18)23-13-24(26(29-17-23)33-10-8-19(2)31-33)27(34)30-15-20-6-7-25-21(12-20)5-4-9-32(25)3;2*1-2/h6-8,10-14,16-17H,4-5,9,15H2,1-3H3,(H,30,34);2*1-2H3. The molecule has 7 nitrogen and oxygen atoms in total. The number of benzene rings is 1. The topological polar surface area (TPSA) is 75.9 Å². The van der Waals surface area contributed by atoms with Crippen molar-refractivity contribution in [3.05, 3.63) is 89.1 Å². The quantitative estimate of drug-likeness (QED) is 0.339. The van der Waals surface area contributed by atoms with Gasteiger partial charge in [0.05, 0.1) is 11.3 Å². The highest BCUT2D eigenvalue weighted by molar-refractivity contribution is 5.98. The number of hydrogen-bond acceptors (Lipinski definition) is 5. The predicted molar refractivity (Wildman–Crippen MR) is 156 cm³/mol. The zero-order chi connectivity index (χ0) is 27.7. The number of hydrogen-bond donors (Lipinski definition) is 1. The molecule has 7 heteroatoms. The fourth-order valence-corrected chi connectivity index (χ4v) is 4.44. The summed E-state index contributed by atoms with van der Waals surface area (Å²) in [5.74, 6) is 0.315. The van der Waals surface area contributed by atoms with E-state index in [9.17, 15) is 4.79 Å². The summed E-state index contributed by atoms with van der Waals surface area (Å²) in [6.07, 6.45) is 9.40. The van der Waals surface area contributed by atoms with Gasteiger partial charge in [0.15, 0.2) is 5.82 Å². The number of amides is 1.